The minimum absolute atomic E-state index is 0.0311. The number of hydrogen-bond acceptors (Lipinski definition) is 1. The average Bonchev–Trinajstić information content (AvgIpc) is 2.87. The number of ether oxygens (including phenoxy) is 1. The van der Waals surface area contributed by atoms with E-state index in [1.807, 2.05) is 24.3 Å². The Kier molecular flexibility index (Phi) is 8.62. The lowest BCUT2D eigenvalue weighted by Gasteiger charge is -2.22. The van der Waals surface area contributed by atoms with Crippen molar-refractivity contribution in [1.82, 2.24) is 0 Å². The molecule has 4 rings (SSSR count). The maximum absolute atomic E-state index is 15.3. The first-order valence-electron chi connectivity index (χ1n) is 12.7. The van der Waals surface area contributed by atoms with Crippen LogP contribution < -0.4 is 4.74 Å². The normalized spacial score (nSPS) is 15.7. The van der Waals surface area contributed by atoms with Crippen LogP contribution >= 0.6 is 11.6 Å². The monoisotopic (exact) mass is 494 g/mol. The first-order valence-corrected chi connectivity index (χ1v) is 13.1. The zero-order valence-electron chi connectivity index (χ0n) is 20.5. The van der Waals surface area contributed by atoms with Crippen molar-refractivity contribution in [2.75, 3.05) is 6.61 Å². The van der Waals surface area contributed by atoms with Crippen LogP contribution in [0.25, 0.3) is 27.8 Å². The van der Waals surface area contributed by atoms with Gasteiger partial charge in [0.25, 0.3) is 0 Å². The van der Waals surface area contributed by atoms with E-state index in [1.165, 1.54) is 18.9 Å². The predicted octanol–water partition coefficient (Wildman–Crippen LogP) is 10.1. The van der Waals surface area contributed by atoms with Crippen LogP contribution in [-0.4, -0.2) is 6.61 Å². The number of unbranched alkanes of at least 4 members (excludes halogenated alkanes) is 1. The van der Waals surface area contributed by atoms with E-state index in [4.69, 9.17) is 16.3 Å². The summed E-state index contributed by atoms with van der Waals surface area (Å²) in [5, 5.41) is 0.0311. The van der Waals surface area contributed by atoms with Gasteiger partial charge in [0.05, 0.1) is 11.6 Å². The fourth-order valence-corrected chi connectivity index (χ4v) is 5.08. The van der Waals surface area contributed by atoms with Gasteiger partial charge < -0.3 is 4.74 Å². The lowest BCUT2D eigenvalue weighted by Crippen LogP contribution is -2.06. The number of allylic oxidation sites excluding steroid dienone is 2. The average molecular weight is 495 g/mol. The van der Waals surface area contributed by atoms with Crippen LogP contribution in [0.1, 0.15) is 64.4 Å². The molecule has 1 aliphatic rings. The van der Waals surface area contributed by atoms with E-state index in [0.717, 1.165) is 49.0 Å². The summed E-state index contributed by atoms with van der Waals surface area (Å²) < 4.78 is 36.1. The van der Waals surface area contributed by atoms with Crippen LogP contribution in [-0.2, 0) is 0 Å². The van der Waals surface area contributed by atoms with E-state index >= 15 is 8.78 Å². The molecule has 0 saturated heterocycles. The predicted molar refractivity (Wildman–Crippen MR) is 143 cm³/mol. The Hall–Kier alpha value is -2.65. The molecular formula is C31H33ClF2O. The van der Waals surface area contributed by atoms with Gasteiger partial charge in [-0.2, -0.15) is 0 Å². The van der Waals surface area contributed by atoms with Crippen LogP contribution in [0.4, 0.5) is 8.78 Å². The van der Waals surface area contributed by atoms with E-state index in [-0.39, 0.29) is 10.8 Å². The highest BCUT2D eigenvalue weighted by Crippen LogP contribution is 2.38. The van der Waals surface area contributed by atoms with Crippen molar-refractivity contribution in [1.29, 1.82) is 0 Å². The quantitative estimate of drug-likeness (QED) is 0.269. The summed E-state index contributed by atoms with van der Waals surface area (Å²) in [4.78, 5) is 0. The zero-order valence-corrected chi connectivity index (χ0v) is 21.3. The number of benzene rings is 3. The van der Waals surface area contributed by atoms with E-state index in [0.29, 0.717) is 34.8 Å². The number of halogens is 3. The molecule has 0 spiro atoms. The van der Waals surface area contributed by atoms with Gasteiger partial charge in [0.15, 0.2) is 0 Å². The molecule has 1 atom stereocenters. The third-order valence-electron chi connectivity index (χ3n) is 6.86. The summed E-state index contributed by atoms with van der Waals surface area (Å²) in [5.41, 5.74) is 3.85. The summed E-state index contributed by atoms with van der Waals surface area (Å²) in [7, 11) is 0. The molecule has 0 fully saturated rings. The maximum atomic E-state index is 15.3. The maximum Gasteiger partial charge on any atom is 0.150 e. The van der Waals surface area contributed by atoms with E-state index < -0.39 is 5.82 Å². The standard InChI is InChI=1S/C31H33ClF2O/c1-3-5-19-35-25-14-11-23(12-15-25)27-17-18-28(31(34)30(27)32)24-13-16-26(29(33)20-24)22-9-7-21(6-4-2)8-10-22/h9,11-18,20-21H,3-8,10,19H2,1-2H3. The van der Waals surface area contributed by atoms with Crippen molar-refractivity contribution in [3.05, 3.63) is 82.9 Å². The summed E-state index contributed by atoms with van der Waals surface area (Å²) >= 11 is 6.45. The van der Waals surface area contributed by atoms with Crippen molar-refractivity contribution in [3.8, 4) is 28.0 Å². The SMILES string of the molecule is CCCCOc1ccc(-c2ccc(-c3ccc(C4=CCC(CCC)CC4)c(F)c3)c(F)c2Cl)cc1. The fraction of sp³-hybridized carbons (Fsp3) is 0.355. The van der Waals surface area contributed by atoms with Crippen LogP contribution in [0.2, 0.25) is 5.02 Å². The van der Waals surface area contributed by atoms with Gasteiger partial charge in [-0.3, -0.25) is 0 Å². The molecule has 0 bridgehead atoms. The molecule has 0 aliphatic heterocycles. The minimum atomic E-state index is -0.543. The van der Waals surface area contributed by atoms with Gasteiger partial charge >= 0.3 is 0 Å². The van der Waals surface area contributed by atoms with Gasteiger partial charge in [-0.25, -0.2) is 8.78 Å². The Bertz CT molecular complexity index is 1180. The molecule has 3 aromatic rings. The van der Waals surface area contributed by atoms with Gasteiger partial charge in [-0.05, 0) is 66.5 Å². The van der Waals surface area contributed by atoms with Crippen molar-refractivity contribution < 1.29 is 13.5 Å². The van der Waals surface area contributed by atoms with E-state index in [2.05, 4.69) is 19.9 Å². The molecule has 4 heteroatoms. The van der Waals surface area contributed by atoms with Gasteiger partial charge in [0.1, 0.15) is 17.4 Å². The molecular weight excluding hydrogens is 462 g/mol. The first-order chi connectivity index (χ1) is 17.0. The number of rotatable bonds is 9. The molecule has 0 radical (unpaired) electrons. The molecule has 0 heterocycles. The summed E-state index contributed by atoms with van der Waals surface area (Å²) in [6.45, 7) is 4.99. The van der Waals surface area contributed by atoms with Gasteiger partial charge in [-0.1, -0.05) is 87.2 Å². The third kappa shape index (κ3) is 5.95. The molecule has 1 nitrogen and oxygen atoms in total. The van der Waals surface area contributed by atoms with Crippen LogP contribution in [0.15, 0.2) is 60.7 Å². The Labute approximate surface area is 212 Å². The molecule has 1 unspecified atom stereocenters. The molecule has 3 aromatic carbocycles. The van der Waals surface area contributed by atoms with Crippen molar-refractivity contribution in [2.45, 2.75) is 58.8 Å². The largest absolute Gasteiger partial charge is 0.494 e. The highest BCUT2D eigenvalue weighted by molar-refractivity contribution is 6.33. The van der Waals surface area contributed by atoms with Crippen molar-refractivity contribution in [2.24, 2.45) is 5.92 Å². The van der Waals surface area contributed by atoms with Crippen LogP contribution in [0.5, 0.6) is 5.75 Å². The third-order valence-corrected chi connectivity index (χ3v) is 7.23. The summed E-state index contributed by atoms with van der Waals surface area (Å²) in [6.07, 6.45) is 9.63. The zero-order chi connectivity index (χ0) is 24.8. The summed E-state index contributed by atoms with van der Waals surface area (Å²) in [5.74, 6) is 0.616. The minimum Gasteiger partial charge on any atom is -0.494 e. The molecule has 0 aromatic heterocycles. The van der Waals surface area contributed by atoms with E-state index in [9.17, 15) is 0 Å². The van der Waals surface area contributed by atoms with Crippen molar-refractivity contribution >= 4 is 17.2 Å². The second-order valence-corrected chi connectivity index (χ2v) is 9.75. The Balaban J connectivity index is 1.54. The molecule has 0 saturated carbocycles. The Morgan fingerprint density at radius 1 is 0.886 bits per heavy atom. The lowest BCUT2D eigenvalue weighted by molar-refractivity contribution is 0.309. The first kappa shape index (κ1) is 25.4. The van der Waals surface area contributed by atoms with Gasteiger partial charge in [-0.15, -0.1) is 0 Å². The topological polar surface area (TPSA) is 9.23 Å². The highest BCUT2D eigenvalue weighted by atomic mass is 35.5. The Morgan fingerprint density at radius 3 is 2.26 bits per heavy atom. The Morgan fingerprint density at radius 2 is 1.60 bits per heavy atom. The number of hydrogen-bond donors (Lipinski definition) is 0. The molecule has 1 aliphatic carbocycles. The van der Waals surface area contributed by atoms with Crippen molar-refractivity contribution in [3.63, 3.8) is 0 Å². The van der Waals surface area contributed by atoms with Crippen LogP contribution in [0.3, 0.4) is 0 Å². The summed E-state index contributed by atoms with van der Waals surface area (Å²) in [6, 6.07) is 15.9. The second-order valence-electron chi connectivity index (χ2n) is 9.37. The van der Waals surface area contributed by atoms with Crippen LogP contribution in [0, 0.1) is 17.6 Å². The molecule has 0 N–H and O–H groups in total. The second kappa shape index (κ2) is 11.9. The smallest absolute Gasteiger partial charge is 0.150 e. The highest BCUT2D eigenvalue weighted by Gasteiger charge is 2.19. The van der Waals surface area contributed by atoms with Gasteiger partial charge in [0, 0.05) is 16.7 Å². The fourth-order valence-electron chi connectivity index (χ4n) is 4.81. The molecule has 184 valence electrons. The molecule has 0 amide bonds. The van der Waals surface area contributed by atoms with Gasteiger partial charge in [0.2, 0.25) is 0 Å². The lowest BCUT2D eigenvalue weighted by atomic mass is 9.84. The molecule has 35 heavy (non-hydrogen) atoms. The van der Waals surface area contributed by atoms with E-state index in [1.54, 1.807) is 24.3 Å².